The molecule has 2 aromatic carbocycles. The van der Waals surface area contributed by atoms with Crippen LogP contribution in [0.4, 0.5) is 5.69 Å². The SMILES string of the molecule is C#CCOc1ccc(/C=C2/SC(=S)N(c3ccc(OC)cc3)C2=O)cc1OC. The number of anilines is 1. The number of ether oxygens (including phenoxy) is 3. The zero-order valence-corrected chi connectivity index (χ0v) is 16.9. The van der Waals surface area contributed by atoms with Gasteiger partial charge in [0.25, 0.3) is 5.91 Å². The van der Waals surface area contributed by atoms with Gasteiger partial charge in [0.1, 0.15) is 12.4 Å². The van der Waals surface area contributed by atoms with Gasteiger partial charge in [-0.3, -0.25) is 9.69 Å². The number of hydrogen-bond acceptors (Lipinski definition) is 6. The van der Waals surface area contributed by atoms with Gasteiger partial charge in [-0.1, -0.05) is 36.0 Å². The molecular weight excluding hydrogens is 394 g/mol. The molecule has 2 aromatic rings. The van der Waals surface area contributed by atoms with E-state index in [0.717, 1.165) is 5.56 Å². The van der Waals surface area contributed by atoms with Crippen molar-refractivity contribution in [1.29, 1.82) is 0 Å². The number of hydrogen-bond donors (Lipinski definition) is 0. The molecule has 0 unspecified atom stereocenters. The summed E-state index contributed by atoms with van der Waals surface area (Å²) in [6.07, 6.45) is 7.00. The molecule has 1 heterocycles. The lowest BCUT2D eigenvalue weighted by Crippen LogP contribution is -2.27. The Bertz CT molecular complexity index is 977. The summed E-state index contributed by atoms with van der Waals surface area (Å²) in [4.78, 5) is 14.9. The lowest BCUT2D eigenvalue weighted by atomic mass is 10.2. The van der Waals surface area contributed by atoms with Crippen LogP contribution in [-0.2, 0) is 4.79 Å². The van der Waals surface area contributed by atoms with E-state index in [0.29, 0.717) is 32.2 Å². The molecule has 0 radical (unpaired) electrons. The number of methoxy groups -OCH3 is 2. The molecule has 1 saturated heterocycles. The molecule has 0 aliphatic carbocycles. The number of benzene rings is 2. The smallest absolute Gasteiger partial charge is 0.270 e. The number of nitrogens with zero attached hydrogens (tertiary/aromatic N) is 1. The Morgan fingerprint density at radius 1 is 1.14 bits per heavy atom. The highest BCUT2D eigenvalue weighted by Crippen LogP contribution is 2.37. The maximum atomic E-state index is 12.9. The number of terminal acetylenes is 1. The Morgan fingerprint density at radius 3 is 2.54 bits per heavy atom. The van der Waals surface area contributed by atoms with Crippen molar-refractivity contribution in [2.75, 3.05) is 25.7 Å². The van der Waals surface area contributed by atoms with Crippen molar-refractivity contribution in [2.45, 2.75) is 0 Å². The van der Waals surface area contributed by atoms with Crippen LogP contribution < -0.4 is 19.1 Å². The first-order valence-electron chi connectivity index (χ1n) is 8.23. The van der Waals surface area contributed by atoms with Crippen LogP contribution in [0.25, 0.3) is 6.08 Å². The van der Waals surface area contributed by atoms with Crippen LogP contribution in [0.15, 0.2) is 47.4 Å². The first-order valence-corrected chi connectivity index (χ1v) is 9.46. The molecule has 5 nitrogen and oxygen atoms in total. The second-order valence-corrected chi connectivity index (χ2v) is 7.29. The summed E-state index contributed by atoms with van der Waals surface area (Å²) in [7, 11) is 3.14. The van der Waals surface area contributed by atoms with Gasteiger partial charge < -0.3 is 14.2 Å². The minimum atomic E-state index is -0.174. The van der Waals surface area contributed by atoms with Crippen LogP contribution in [0.5, 0.6) is 17.2 Å². The molecule has 0 saturated carbocycles. The summed E-state index contributed by atoms with van der Waals surface area (Å²) < 4.78 is 16.4. The van der Waals surface area contributed by atoms with Gasteiger partial charge >= 0.3 is 0 Å². The predicted molar refractivity (Wildman–Crippen MR) is 116 cm³/mol. The van der Waals surface area contributed by atoms with Crippen LogP contribution in [-0.4, -0.2) is 31.1 Å². The Hall–Kier alpha value is -2.95. The van der Waals surface area contributed by atoms with Gasteiger partial charge in [0, 0.05) is 0 Å². The summed E-state index contributed by atoms with van der Waals surface area (Å²) >= 11 is 6.66. The highest BCUT2D eigenvalue weighted by atomic mass is 32.2. The van der Waals surface area contributed by atoms with Gasteiger partial charge in [-0.05, 0) is 48.0 Å². The fraction of sp³-hybridized carbons (Fsp3) is 0.143. The van der Waals surface area contributed by atoms with Gasteiger partial charge in [0.15, 0.2) is 15.8 Å². The Kier molecular flexibility index (Phi) is 6.24. The van der Waals surface area contributed by atoms with Gasteiger partial charge in [-0.2, -0.15) is 0 Å². The zero-order valence-electron chi connectivity index (χ0n) is 15.3. The van der Waals surface area contributed by atoms with Crippen LogP contribution in [0, 0.1) is 12.3 Å². The van der Waals surface area contributed by atoms with Crippen LogP contribution in [0.2, 0.25) is 0 Å². The molecule has 1 fully saturated rings. The monoisotopic (exact) mass is 411 g/mol. The van der Waals surface area contributed by atoms with E-state index in [2.05, 4.69) is 5.92 Å². The average molecular weight is 412 g/mol. The van der Waals surface area contributed by atoms with Crippen molar-refractivity contribution in [3.8, 4) is 29.6 Å². The maximum Gasteiger partial charge on any atom is 0.270 e. The van der Waals surface area contributed by atoms with Gasteiger partial charge in [0.2, 0.25) is 0 Å². The molecule has 0 aromatic heterocycles. The predicted octanol–water partition coefficient (Wildman–Crippen LogP) is 4.12. The quantitative estimate of drug-likeness (QED) is 0.405. The molecule has 0 atom stereocenters. The molecular formula is C21H17NO4S2. The number of carbonyl (C=O) groups excluding carboxylic acids is 1. The van der Waals surface area contributed by atoms with Crippen LogP contribution in [0.1, 0.15) is 5.56 Å². The van der Waals surface area contributed by atoms with Crippen LogP contribution in [0.3, 0.4) is 0 Å². The second-order valence-electron chi connectivity index (χ2n) is 5.62. The summed E-state index contributed by atoms with van der Waals surface area (Å²) in [6, 6.07) is 12.5. The first kappa shape index (κ1) is 19.8. The summed E-state index contributed by atoms with van der Waals surface area (Å²) in [5, 5.41) is 0. The lowest BCUT2D eigenvalue weighted by molar-refractivity contribution is -0.113. The van der Waals surface area contributed by atoms with E-state index in [1.807, 2.05) is 6.07 Å². The van der Waals surface area contributed by atoms with E-state index >= 15 is 0 Å². The van der Waals surface area contributed by atoms with Gasteiger partial charge in [-0.15, -0.1) is 6.42 Å². The van der Waals surface area contributed by atoms with E-state index in [1.54, 1.807) is 56.7 Å². The van der Waals surface area contributed by atoms with Crippen molar-refractivity contribution in [3.63, 3.8) is 0 Å². The fourth-order valence-electron chi connectivity index (χ4n) is 2.59. The van der Waals surface area contributed by atoms with Crippen LogP contribution >= 0.6 is 24.0 Å². The molecule has 1 aliphatic rings. The third-order valence-corrected chi connectivity index (χ3v) is 5.22. The number of thioether (sulfide) groups is 1. The summed E-state index contributed by atoms with van der Waals surface area (Å²) in [5.74, 6) is 4.03. The van der Waals surface area contributed by atoms with Crippen molar-refractivity contribution < 1.29 is 19.0 Å². The largest absolute Gasteiger partial charge is 0.497 e. The van der Waals surface area contributed by atoms with E-state index in [4.69, 9.17) is 32.9 Å². The molecule has 0 spiro atoms. The summed E-state index contributed by atoms with van der Waals surface area (Å²) in [6.45, 7) is 0.149. The second kappa shape index (κ2) is 8.83. The van der Waals surface area contributed by atoms with Crippen molar-refractivity contribution in [3.05, 3.63) is 52.9 Å². The first-order chi connectivity index (χ1) is 13.6. The maximum absolute atomic E-state index is 12.9. The highest BCUT2D eigenvalue weighted by molar-refractivity contribution is 8.27. The zero-order chi connectivity index (χ0) is 20.1. The van der Waals surface area contributed by atoms with Gasteiger partial charge in [-0.25, -0.2) is 0 Å². The van der Waals surface area contributed by atoms with E-state index in [1.165, 1.54) is 16.7 Å². The molecule has 7 heteroatoms. The van der Waals surface area contributed by atoms with E-state index in [-0.39, 0.29) is 12.5 Å². The standard InChI is InChI=1S/C21H17NO4S2/c1-4-11-26-17-10-5-14(12-18(17)25-3)13-19-20(23)22(21(27)28-19)15-6-8-16(24-2)9-7-15/h1,5-10,12-13H,11H2,2-3H3/b19-13+. The minimum absolute atomic E-state index is 0.149. The number of thiocarbonyl (C=S) groups is 1. The number of carbonyl (C=O) groups is 1. The highest BCUT2D eigenvalue weighted by Gasteiger charge is 2.33. The Morgan fingerprint density at radius 2 is 1.89 bits per heavy atom. The molecule has 1 amide bonds. The van der Waals surface area contributed by atoms with E-state index < -0.39 is 0 Å². The van der Waals surface area contributed by atoms with Gasteiger partial charge in [0.05, 0.1) is 24.8 Å². The number of amides is 1. The van der Waals surface area contributed by atoms with E-state index in [9.17, 15) is 4.79 Å². The minimum Gasteiger partial charge on any atom is -0.497 e. The Labute approximate surface area is 173 Å². The van der Waals surface area contributed by atoms with Crippen molar-refractivity contribution in [1.82, 2.24) is 0 Å². The Balaban J connectivity index is 1.86. The lowest BCUT2D eigenvalue weighted by Gasteiger charge is -2.14. The third-order valence-electron chi connectivity index (χ3n) is 3.92. The topological polar surface area (TPSA) is 48.0 Å². The normalized spacial score (nSPS) is 14.9. The van der Waals surface area contributed by atoms with Crippen molar-refractivity contribution in [2.24, 2.45) is 0 Å². The molecule has 28 heavy (non-hydrogen) atoms. The molecule has 0 N–H and O–H groups in total. The summed E-state index contributed by atoms with van der Waals surface area (Å²) in [5.41, 5.74) is 1.49. The molecule has 142 valence electrons. The third kappa shape index (κ3) is 4.14. The molecule has 0 bridgehead atoms. The molecule has 3 rings (SSSR count). The molecule has 1 aliphatic heterocycles. The van der Waals surface area contributed by atoms with Crippen molar-refractivity contribution >= 4 is 46.0 Å². The number of rotatable bonds is 6. The fourth-order valence-corrected chi connectivity index (χ4v) is 3.88. The average Bonchev–Trinajstić information content (AvgIpc) is 3.00.